The van der Waals surface area contributed by atoms with Gasteiger partial charge in [-0.15, -0.1) is 0 Å². The summed E-state index contributed by atoms with van der Waals surface area (Å²) in [6.45, 7) is 7.64. The molecule has 0 unspecified atom stereocenters. The van der Waals surface area contributed by atoms with Crippen LogP contribution in [-0.2, 0) is 6.54 Å². The second-order valence-electron chi connectivity index (χ2n) is 6.28. The largest absolute Gasteiger partial charge is 0.439 e. The summed E-state index contributed by atoms with van der Waals surface area (Å²) < 4.78 is 5.79. The van der Waals surface area contributed by atoms with Crippen molar-refractivity contribution in [3.63, 3.8) is 0 Å². The molecule has 4 nitrogen and oxygen atoms in total. The van der Waals surface area contributed by atoms with Crippen LogP contribution < -0.4 is 5.73 Å². The number of oxazole rings is 1. The zero-order chi connectivity index (χ0) is 13.5. The third-order valence-corrected chi connectivity index (χ3v) is 3.83. The Morgan fingerprint density at radius 1 is 1.42 bits per heavy atom. The van der Waals surface area contributed by atoms with Crippen molar-refractivity contribution in [3.05, 3.63) is 24.1 Å². The number of nitrogens with two attached hydrogens (primary N) is 1. The van der Waals surface area contributed by atoms with Crippen molar-refractivity contribution in [2.24, 2.45) is 5.41 Å². The number of benzene rings is 1. The molecule has 1 aliphatic heterocycles. The Balaban J connectivity index is 1.80. The molecule has 19 heavy (non-hydrogen) atoms. The molecule has 3 rings (SSSR count). The van der Waals surface area contributed by atoms with E-state index in [0.29, 0.717) is 11.1 Å². The van der Waals surface area contributed by atoms with Crippen LogP contribution in [-0.4, -0.2) is 23.0 Å². The Morgan fingerprint density at radius 3 is 3.00 bits per heavy atom. The molecule has 2 heterocycles. The van der Waals surface area contributed by atoms with Gasteiger partial charge in [0.1, 0.15) is 5.52 Å². The lowest BCUT2D eigenvalue weighted by atomic mass is 9.84. The van der Waals surface area contributed by atoms with E-state index in [0.717, 1.165) is 36.6 Å². The molecule has 2 N–H and O–H groups in total. The van der Waals surface area contributed by atoms with E-state index in [1.807, 2.05) is 18.2 Å². The maximum atomic E-state index is 5.91. The minimum atomic E-state index is 0.392. The van der Waals surface area contributed by atoms with Crippen LogP contribution in [0.5, 0.6) is 0 Å². The number of hydrogen-bond acceptors (Lipinski definition) is 4. The first-order valence-corrected chi connectivity index (χ1v) is 6.90. The van der Waals surface area contributed by atoms with Gasteiger partial charge in [0.05, 0.1) is 12.2 Å². The standard InChI is InChI=1S/C15H21N3O/c1-15(2)7-4-8-18(10-15)9-13-17-14-11(16)5-3-6-12(14)19-13/h3,5-6H,4,7-10,16H2,1-2H3. The second kappa shape index (κ2) is 4.53. The van der Waals surface area contributed by atoms with E-state index in [9.17, 15) is 0 Å². The summed E-state index contributed by atoms with van der Waals surface area (Å²) in [6.07, 6.45) is 2.54. The highest BCUT2D eigenvalue weighted by Crippen LogP contribution is 2.29. The molecule has 102 valence electrons. The number of rotatable bonds is 2. The molecule has 1 aliphatic rings. The summed E-state index contributed by atoms with van der Waals surface area (Å²) in [5, 5.41) is 0. The minimum absolute atomic E-state index is 0.392. The molecule has 1 saturated heterocycles. The van der Waals surface area contributed by atoms with Crippen molar-refractivity contribution in [2.45, 2.75) is 33.2 Å². The molecule has 0 bridgehead atoms. The third kappa shape index (κ3) is 2.59. The minimum Gasteiger partial charge on any atom is -0.439 e. The summed E-state index contributed by atoms with van der Waals surface area (Å²) in [4.78, 5) is 6.94. The molecule has 1 aromatic carbocycles. The fourth-order valence-corrected chi connectivity index (χ4v) is 2.95. The van der Waals surface area contributed by atoms with Crippen molar-refractivity contribution < 1.29 is 4.42 Å². The van der Waals surface area contributed by atoms with Gasteiger partial charge >= 0.3 is 0 Å². The van der Waals surface area contributed by atoms with Gasteiger partial charge in [0, 0.05) is 6.54 Å². The van der Waals surface area contributed by atoms with Gasteiger partial charge in [0.15, 0.2) is 5.58 Å². The number of anilines is 1. The maximum Gasteiger partial charge on any atom is 0.209 e. The van der Waals surface area contributed by atoms with Crippen LogP contribution in [0.3, 0.4) is 0 Å². The van der Waals surface area contributed by atoms with Crippen molar-refractivity contribution in [1.29, 1.82) is 0 Å². The highest BCUT2D eigenvalue weighted by molar-refractivity contribution is 5.85. The fraction of sp³-hybridized carbons (Fsp3) is 0.533. The number of nitrogen functional groups attached to an aromatic ring is 1. The van der Waals surface area contributed by atoms with Gasteiger partial charge in [0.2, 0.25) is 5.89 Å². The lowest BCUT2D eigenvalue weighted by molar-refractivity contribution is 0.104. The third-order valence-electron chi connectivity index (χ3n) is 3.83. The molecule has 4 heteroatoms. The molecule has 0 saturated carbocycles. The molecule has 0 atom stereocenters. The van der Waals surface area contributed by atoms with E-state index in [4.69, 9.17) is 10.2 Å². The molecule has 0 spiro atoms. The van der Waals surface area contributed by atoms with Gasteiger partial charge in [-0.3, -0.25) is 4.90 Å². The normalized spacial score (nSPS) is 19.9. The molecule has 0 amide bonds. The van der Waals surface area contributed by atoms with Gasteiger partial charge in [-0.05, 0) is 36.9 Å². The molecule has 2 aromatic rings. The van der Waals surface area contributed by atoms with Crippen LogP contribution in [0.15, 0.2) is 22.6 Å². The van der Waals surface area contributed by atoms with Gasteiger partial charge < -0.3 is 10.2 Å². The molecule has 0 aliphatic carbocycles. The number of likely N-dealkylation sites (tertiary alicyclic amines) is 1. The van der Waals surface area contributed by atoms with E-state index in [-0.39, 0.29) is 0 Å². The maximum absolute atomic E-state index is 5.91. The number of fused-ring (bicyclic) bond motifs is 1. The number of hydrogen-bond donors (Lipinski definition) is 1. The van der Waals surface area contributed by atoms with Gasteiger partial charge in [0.25, 0.3) is 0 Å². The van der Waals surface area contributed by atoms with Crippen molar-refractivity contribution in [2.75, 3.05) is 18.8 Å². The quantitative estimate of drug-likeness (QED) is 0.842. The van der Waals surface area contributed by atoms with E-state index in [1.165, 1.54) is 12.8 Å². The molecular weight excluding hydrogens is 238 g/mol. The Bertz CT molecular complexity index is 588. The predicted octanol–water partition coefficient (Wildman–Crippen LogP) is 3.03. The van der Waals surface area contributed by atoms with Crippen molar-refractivity contribution >= 4 is 16.8 Å². The Morgan fingerprint density at radius 2 is 2.26 bits per heavy atom. The summed E-state index contributed by atoms with van der Waals surface area (Å²) in [5.41, 5.74) is 8.56. The van der Waals surface area contributed by atoms with Crippen LogP contribution in [0.25, 0.3) is 11.1 Å². The van der Waals surface area contributed by atoms with Gasteiger partial charge in [-0.1, -0.05) is 19.9 Å². The van der Waals surface area contributed by atoms with E-state index >= 15 is 0 Å². The van der Waals surface area contributed by atoms with Crippen LogP contribution in [0.2, 0.25) is 0 Å². The van der Waals surface area contributed by atoms with E-state index in [1.54, 1.807) is 0 Å². The number of piperidine rings is 1. The predicted molar refractivity (Wildman–Crippen MR) is 76.7 cm³/mol. The molecule has 1 aromatic heterocycles. The molecule has 1 fully saturated rings. The van der Waals surface area contributed by atoms with Gasteiger partial charge in [-0.25, -0.2) is 4.98 Å². The SMILES string of the molecule is CC1(C)CCCN(Cc2nc3c(N)cccc3o2)C1. The van der Waals surface area contributed by atoms with Crippen LogP contribution in [0.1, 0.15) is 32.6 Å². The summed E-state index contributed by atoms with van der Waals surface area (Å²) in [5.74, 6) is 0.769. The first-order valence-electron chi connectivity index (χ1n) is 6.90. The van der Waals surface area contributed by atoms with E-state index < -0.39 is 0 Å². The first-order chi connectivity index (χ1) is 9.03. The number of aromatic nitrogens is 1. The fourth-order valence-electron chi connectivity index (χ4n) is 2.95. The average Bonchev–Trinajstić information content (AvgIpc) is 2.71. The number of nitrogens with zero attached hydrogens (tertiary/aromatic N) is 2. The van der Waals surface area contributed by atoms with Crippen LogP contribution in [0.4, 0.5) is 5.69 Å². The summed E-state index contributed by atoms with van der Waals surface area (Å²) in [7, 11) is 0. The average molecular weight is 259 g/mol. The van der Waals surface area contributed by atoms with E-state index in [2.05, 4.69) is 23.7 Å². The second-order valence-corrected chi connectivity index (χ2v) is 6.28. The Hall–Kier alpha value is -1.55. The van der Waals surface area contributed by atoms with Crippen LogP contribution >= 0.6 is 0 Å². The highest BCUT2D eigenvalue weighted by Gasteiger charge is 2.27. The lowest BCUT2D eigenvalue weighted by Crippen LogP contribution is -2.39. The number of para-hydroxylation sites is 1. The highest BCUT2D eigenvalue weighted by atomic mass is 16.3. The summed E-state index contributed by atoms with van der Waals surface area (Å²) >= 11 is 0. The monoisotopic (exact) mass is 259 g/mol. The Labute approximate surface area is 113 Å². The zero-order valence-corrected chi connectivity index (χ0v) is 11.6. The van der Waals surface area contributed by atoms with Crippen molar-refractivity contribution in [1.82, 2.24) is 9.88 Å². The zero-order valence-electron chi connectivity index (χ0n) is 11.6. The van der Waals surface area contributed by atoms with Crippen LogP contribution in [0, 0.1) is 5.41 Å². The molecule has 0 radical (unpaired) electrons. The van der Waals surface area contributed by atoms with Gasteiger partial charge in [-0.2, -0.15) is 0 Å². The molecular formula is C15H21N3O. The Kier molecular flexibility index (Phi) is 2.97. The van der Waals surface area contributed by atoms with Crippen molar-refractivity contribution in [3.8, 4) is 0 Å². The topological polar surface area (TPSA) is 55.3 Å². The lowest BCUT2D eigenvalue weighted by Gasteiger charge is -2.37. The smallest absolute Gasteiger partial charge is 0.209 e. The summed E-state index contributed by atoms with van der Waals surface area (Å²) in [6, 6.07) is 5.68. The first kappa shape index (κ1) is 12.5.